The fraction of sp³-hybridized carbons (Fsp3) is 0.545. The Hall–Kier alpha value is -1.38. The van der Waals surface area contributed by atoms with Crippen molar-refractivity contribution in [2.45, 2.75) is 24.8 Å². The van der Waals surface area contributed by atoms with Crippen molar-refractivity contribution in [3.63, 3.8) is 0 Å². The van der Waals surface area contributed by atoms with Crippen LogP contribution >= 0.6 is 0 Å². The van der Waals surface area contributed by atoms with Crippen molar-refractivity contribution in [3.8, 4) is 5.88 Å². The molecule has 0 fully saturated rings. The van der Waals surface area contributed by atoms with Crippen LogP contribution < -0.4 is 4.74 Å². The van der Waals surface area contributed by atoms with Gasteiger partial charge in [0.1, 0.15) is 6.10 Å². The molecule has 0 aliphatic heterocycles. The third-order valence-electron chi connectivity index (χ3n) is 2.27. The molecule has 0 amide bonds. The Bertz CT molecular complexity index is 383. The van der Waals surface area contributed by atoms with Gasteiger partial charge in [0, 0.05) is 24.4 Å². The van der Waals surface area contributed by atoms with Crippen LogP contribution in [0.25, 0.3) is 0 Å². The highest BCUT2D eigenvalue weighted by atomic mass is 19.4. The quantitative estimate of drug-likeness (QED) is 0.718. The van der Waals surface area contributed by atoms with Crippen LogP contribution in [0.4, 0.5) is 13.2 Å². The van der Waals surface area contributed by atoms with Crippen LogP contribution in [0.3, 0.4) is 0 Å². The highest BCUT2D eigenvalue weighted by Crippen LogP contribution is 2.21. The van der Waals surface area contributed by atoms with Gasteiger partial charge in [0.2, 0.25) is 5.88 Å². The summed E-state index contributed by atoms with van der Waals surface area (Å²) >= 11 is 0. The first-order valence-corrected chi connectivity index (χ1v) is 5.46. The minimum absolute atomic E-state index is 0.0203. The second kappa shape index (κ2) is 6.69. The van der Waals surface area contributed by atoms with E-state index in [4.69, 9.17) is 5.11 Å². The second-order valence-electron chi connectivity index (χ2n) is 3.86. The van der Waals surface area contributed by atoms with Gasteiger partial charge < -0.3 is 20.1 Å². The number of ether oxygens (including phenoxy) is 1. The van der Waals surface area contributed by atoms with Gasteiger partial charge >= 0.3 is 6.18 Å². The molecule has 5 nitrogen and oxygen atoms in total. The summed E-state index contributed by atoms with van der Waals surface area (Å²) in [4.78, 5) is 3.59. The van der Waals surface area contributed by atoms with Gasteiger partial charge in [0.15, 0.2) is 6.61 Å². The molecule has 1 heterocycles. The number of alkyl halides is 3. The summed E-state index contributed by atoms with van der Waals surface area (Å²) in [6, 6.07) is 2.46. The topological polar surface area (TPSA) is 82.8 Å². The zero-order valence-electron chi connectivity index (χ0n) is 9.84. The zero-order chi connectivity index (χ0) is 14.5. The molecule has 1 aromatic heterocycles. The molecule has 0 aromatic carbocycles. The van der Waals surface area contributed by atoms with E-state index in [0.717, 1.165) is 12.3 Å². The van der Waals surface area contributed by atoms with Crippen LogP contribution in [0.2, 0.25) is 0 Å². The highest BCUT2D eigenvalue weighted by molar-refractivity contribution is 5.20. The first-order chi connectivity index (χ1) is 8.83. The Kier molecular flexibility index (Phi) is 5.52. The number of hydrogen-bond donors (Lipinski definition) is 3. The average Bonchev–Trinajstić information content (AvgIpc) is 2.35. The predicted octanol–water partition coefficient (Wildman–Crippen LogP) is 0.799. The molecule has 0 aliphatic carbocycles. The number of aliphatic hydroxyl groups excluding tert-OH is 3. The van der Waals surface area contributed by atoms with E-state index >= 15 is 0 Å². The van der Waals surface area contributed by atoms with Crippen LogP contribution in [-0.2, 0) is 0 Å². The fourth-order valence-electron chi connectivity index (χ4n) is 1.32. The highest BCUT2D eigenvalue weighted by Gasteiger charge is 2.28. The largest absolute Gasteiger partial charge is 0.468 e. The van der Waals surface area contributed by atoms with E-state index < -0.39 is 25.0 Å². The predicted molar refractivity (Wildman–Crippen MR) is 58.5 cm³/mol. The van der Waals surface area contributed by atoms with Gasteiger partial charge in [0.25, 0.3) is 0 Å². The van der Waals surface area contributed by atoms with E-state index in [1.54, 1.807) is 0 Å². The number of nitrogens with zero attached hydrogens (tertiary/aromatic N) is 1. The Labute approximate surface area is 107 Å². The van der Waals surface area contributed by atoms with E-state index in [2.05, 4.69) is 9.72 Å². The summed E-state index contributed by atoms with van der Waals surface area (Å²) < 4.78 is 40.1. The van der Waals surface area contributed by atoms with Crippen molar-refractivity contribution >= 4 is 0 Å². The second-order valence-corrected chi connectivity index (χ2v) is 3.86. The van der Waals surface area contributed by atoms with E-state index in [9.17, 15) is 23.4 Å². The molecule has 0 aliphatic rings. The molecule has 2 atom stereocenters. The number of aromatic nitrogens is 1. The summed E-state index contributed by atoms with van der Waals surface area (Å²) in [5.41, 5.74) is 0.223. The van der Waals surface area contributed by atoms with Crippen molar-refractivity contribution in [3.05, 3.63) is 23.9 Å². The molecular formula is C11H14F3NO4. The van der Waals surface area contributed by atoms with Crippen LogP contribution in [0.15, 0.2) is 18.3 Å². The molecular weight excluding hydrogens is 267 g/mol. The van der Waals surface area contributed by atoms with Crippen molar-refractivity contribution in [1.29, 1.82) is 0 Å². The third-order valence-corrected chi connectivity index (χ3v) is 2.27. The smallest absolute Gasteiger partial charge is 0.422 e. The fourth-order valence-corrected chi connectivity index (χ4v) is 1.32. The lowest BCUT2D eigenvalue weighted by Gasteiger charge is -2.17. The maximum Gasteiger partial charge on any atom is 0.422 e. The average molecular weight is 281 g/mol. The summed E-state index contributed by atoms with van der Waals surface area (Å²) in [6.45, 7) is -1.74. The molecule has 8 heteroatoms. The van der Waals surface area contributed by atoms with Gasteiger partial charge in [-0.3, -0.25) is 0 Å². The Morgan fingerprint density at radius 3 is 2.42 bits per heavy atom. The summed E-state index contributed by atoms with van der Waals surface area (Å²) in [7, 11) is 0. The Morgan fingerprint density at radius 2 is 1.95 bits per heavy atom. The molecule has 108 valence electrons. The monoisotopic (exact) mass is 281 g/mol. The molecule has 3 N–H and O–H groups in total. The number of rotatable bonds is 6. The molecule has 0 saturated carbocycles. The SMILES string of the molecule is OCCC(O)C(O)c1ccc(OCC(F)(F)F)nc1. The first kappa shape index (κ1) is 15.7. The van der Waals surface area contributed by atoms with E-state index in [1.807, 2.05) is 0 Å². The molecule has 0 radical (unpaired) electrons. The van der Waals surface area contributed by atoms with Crippen LogP contribution in [-0.4, -0.2) is 45.8 Å². The molecule has 1 rings (SSSR count). The Balaban J connectivity index is 2.60. The molecule has 1 aromatic rings. The number of aliphatic hydroxyl groups is 3. The normalized spacial score (nSPS) is 15.1. The number of halogens is 3. The van der Waals surface area contributed by atoms with Gasteiger partial charge in [0.05, 0.1) is 6.10 Å². The van der Waals surface area contributed by atoms with E-state index in [0.29, 0.717) is 0 Å². The molecule has 19 heavy (non-hydrogen) atoms. The van der Waals surface area contributed by atoms with Gasteiger partial charge in [-0.25, -0.2) is 4.98 Å². The maximum atomic E-state index is 11.9. The maximum absolute atomic E-state index is 11.9. The summed E-state index contributed by atoms with van der Waals surface area (Å²) in [5.74, 6) is -0.232. The standard InChI is InChI=1S/C11H14F3NO4/c12-11(13,14)6-19-9-2-1-7(5-15-9)10(18)8(17)3-4-16/h1-2,5,8,10,16-18H,3-4,6H2. The molecule has 0 bridgehead atoms. The molecule has 0 spiro atoms. The summed E-state index contributed by atoms with van der Waals surface area (Å²) in [5, 5.41) is 27.7. The van der Waals surface area contributed by atoms with E-state index in [1.165, 1.54) is 6.07 Å². The van der Waals surface area contributed by atoms with Crippen LogP contribution in [0.5, 0.6) is 5.88 Å². The first-order valence-electron chi connectivity index (χ1n) is 5.46. The number of hydrogen-bond acceptors (Lipinski definition) is 5. The van der Waals surface area contributed by atoms with Crippen LogP contribution in [0, 0.1) is 0 Å². The van der Waals surface area contributed by atoms with Gasteiger partial charge in [-0.2, -0.15) is 13.2 Å². The Morgan fingerprint density at radius 1 is 1.26 bits per heavy atom. The lowest BCUT2D eigenvalue weighted by molar-refractivity contribution is -0.154. The summed E-state index contributed by atoms with van der Waals surface area (Å²) in [6.07, 6.45) is -5.80. The minimum atomic E-state index is -4.45. The lowest BCUT2D eigenvalue weighted by atomic mass is 10.0. The van der Waals surface area contributed by atoms with Gasteiger partial charge in [-0.15, -0.1) is 0 Å². The third kappa shape index (κ3) is 5.41. The molecule has 2 unspecified atom stereocenters. The zero-order valence-corrected chi connectivity index (χ0v) is 9.84. The van der Waals surface area contributed by atoms with E-state index in [-0.39, 0.29) is 24.5 Å². The minimum Gasteiger partial charge on any atom is -0.468 e. The number of pyridine rings is 1. The molecule has 0 saturated heterocycles. The van der Waals surface area contributed by atoms with Gasteiger partial charge in [-0.05, 0) is 12.5 Å². The van der Waals surface area contributed by atoms with Crippen molar-refractivity contribution < 1.29 is 33.2 Å². The van der Waals surface area contributed by atoms with Crippen molar-refractivity contribution in [1.82, 2.24) is 4.98 Å². The van der Waals surface area contributed by atoms with Crippen molar-refractivity contribution in [2.75, 3.05) is 13.2 Å². The van der Waals surface area contributed by atoms with Gasteiger partial charge in [-0.1, -0.05) is 0 Å². The lowest BCUT2D eigenvalue weighted by Crippen LogP contribution is -2.20. The van der Waals surface area contributed by atoms with Crippen molar-refractivity contribution in [2.24, 2.45) is 0 Å². The van der Waals surface area contributed by atoms with Crippen LogP contribution in [0.1, 0.15) is 18.1 Å².